The SMILES string of the molecule is Cl.NC1CCC(NC(=O)C2CCCN(C(=O)Nc3ccccc3)C2)CC1. The summed E-state index contributed by atoms with van der Waals surface area (Å²) in [6.45, 7) is 1.18. The van der Waals surface area contributed by atoms with Crippen molar-refractivity contribution in [3.8, 4) is 0 Å². The normalized spacial score (nSPS) is 25.7. The molecule has 1 aliphatic carbocycles. The third kappa shape index (κ3) is 5.61. The fourth-order valence-electron chi connectivity index (χ4n) is 3.68. The lowest BCUT2D eigenvalue weighted by molar-refractivity contribution is -0.127. The summed E-state index contributed by atoms with van der Waals surface area (Å²) in [5, 5.41) is 6.06. The van der Waals surface area contributed by atoms with E-state index < -0.39 is 0 Å². The molecule has 0 aromatic heterocycles. The van der Waals surface area contributed by atoms with Gasteiger partial charge in [-0.25, -0.2) is 4.79 Å². The van der Waals surface area contributed by atoms with Gasteiger partial charge in [0, 0.05) is 30.9 Å². The molecule has 0 spiro atoms. The molecule has 6 nitrogen and oxygen atoms in total. The van der Waals surface area contributed by atoms with Gasteiger partial charge >= 0.3 is 6.03 Å². The van der Waals surface area contributed by atoms with Crippen LogP contribution in [-0.4, -0.2) is 42.0 Å². The van der Waals surface area contributed by atoms with Gasteiger partial charge in [0.05, 0.1) is 5.92 Å². The molecule has 1 atom stereocenters. The largest absolute Gasteiger partial charge is 0.353 e. The molecule has 1 unspecified atom stereocenters. The average molecular weight is 381 g/mol. The van der Waals surface area contributed by atoms with Gasteiger partial charge in [0.2, 0.25) is 5.91 Å². The first kappa shape index (κ1) is 20.5. The number of rotatable bonds is 3. The maximum atomic E-state index is 12.6. The first-order chi connectivity index (χ1) is 12.1. The van der Waals surface area contributed by atoms with E-state index in [4.69, 9.17) is 5.73 Å². The molecule has 1 heterocycles. The van der Waals surface area contributed by atoms with Crippen molar-refractivity contribution >= 4 is 30.0 Å². The molecule has 1 saturated carbocycles. The molecular weight excluding hydrogens is 352 g/mol. The molecule has 4 N–H and O–H groups in total. The van der Waals surface area contributed by atoms with Gasteiger partial charge in [0.1, 0.15) is 0 Å². The Labute approximate surface area is 161 Å². The van der Waals surface area contributed by atoms with Gasteiger partial charge in [-0.3, -0.25) is 4.79 Å². The first-order valence-electron chi connectivity index (χ1n) is 9.29. The van der Waals surface area contributed by atoms with E-state index in [1.807, 2.05) is 30.3 Å². The second-order valence-corrected chi connectivity index (χ2v) is 7.20. The smallest absolute Gasteiger partial charge is 0.321 e. The number of halogens is 1. The van der Waals surface area contributed by atoms with Gasteiger partial charge < -0.3 is 21.3 Å². The van der Waals surface area contributed by atoms with Crippen molar-refractivity contribution in [1.82, 2.24) is 10.2 Å². The highest BCUT2D eigenvalue weighted by Gasteiger charge is 2.30. The highest BCUT2D eigenvalue weighted by atomic mass is 35.5. The quantitative estimate of drug-likeness (QED) is 0.753. The van der Waals surface area contributed by atoms with Crippen LogP contribution in [-0.2, 0) is 4.79 Å². The maximum absolute atomic E-state index is 12.6. The number of hydrogen-bond acceptors (Lipinski definition) is 3. The number of amides is 3. The number of piperidine rings is 1. The lowest BCUT2D eigenvalue weighted by Gasteiger charge is -2.34. The molecule has 0 radical (unpaired) electrons. The molecule has 26 heavy (non-hydrogen) atoms. The summed E-state index contributed by atoms with van der Waals surface area (Å²) < 4.78 is 0. The van der Waals surface area contributed by atoms with Crippen molar-refractivity contribution in [2.75, 3.05) is 18.4 Å². The van der Waals surface area contributed by atoms with Crippen LogP contribution in [0.1, 0.15) is 38.5 Å². The summed E-state index contributed by atoms with van der Waals surface area (Å²) in [5.41, 5.74) is 6.70. The predicted octanol–water partition coefficient (Wildman–Crippen LogP) is 2.74. The number of hydrogen-bond donors (Lipinski definition) is 3. The van der Waals surface area contributed by atoms with Gasteiger partial charge in [-0.05, 0) is 50.7 Å². The molecule has 0 bridgehead atoms. The standard InChI is InChI=1S/C19H28N4O2.ClH/c20-15-8-10-17(11-9-15)21-18(24)14-5-4-12-23(13-14)19(25)22-16-6-2-1-3-7-16;/h1-3,6-7,14-15,17H,4-5,8-13,20H2,(H,21,24)(H,22,25);1H. The van der Waals surface area contributed by atoms with Crippen LogP contribution in [0.5, 0.6) is 0 Å². The van der Waals surface area contributed by atoms with E-state index in [9.17, 15) is 9.59 Å². The molecule has 1 aromatic carbocycles. The Morgan fingerprint density at radius 1 is 1.04 bits per heavy atom. The van der Waals surface area contributed by atoms with Crippen LogP contribution in [0.25, 0.3) is 0 Å². The van der Waals surface area contributed by atoms with Gasteiger partial charge in [-0.2, -0.15) is 0 Å². The summed E-state index contributed by atoms with van der Waals surface area (Å²) in [7, 11) is 0. The zero-order valence-electron chi connectivity index (χ0n) is 15.0. The van der Waals surface area contributed by atoms with Crippen LogP contribution in [0, 0.1) is 5.92 Å². The highest BCUT2D eigenvalue weighted by Crippen LogP contribution is 2.21. The van der Waals surface area contributed by atoms with Crippen LogP contribution < -0.4 is 16.4 Å². The van der Waals surface area contributed by atoms with E-state index >= 15 is 0 Å². The number of likely N-dealkylation sites (tertiary alicyclic amines) is 1. The van der Waals surface area contributed by atoms with E-state index in [2.05, 4.69) is 10.6 Å². The monoisotopic (exact) mass is 380 g/mol. The van der Waals surface area contributed by atoms with Crippen molar-refractivity contribution < 1.29 is 9.59 Å². The lowest BCUT2D eigenvalue weighted by Crippen LogP contribution is -2.49. The minimum absolute atomic E-state index is 0. The van der Waals surface area contributed by atoms with Gasteiger partial charge in [-0.15, -0.1) is 12.4 Å². The molecule has 2 aliphatic rings. The Morgan fingerprint density at radius 3 is 2.42 bits per heavy atom. The van der Waals surface area contributed by atoms with Crippen molar-refractivity contribution in [3.05, 3.63) is 30.3 Å². The summed E-state index contributed by atoms with van der Waals surface area (Å²) in [6.07, 6.45) is 5.56. The molecular formula is C19H29ClN4O2. The number of benzene rings is 1. The Kier molecular flexibility index (Phi) is 7.72. The van der Waals surface area contributed by atoms with Gasteiger partial charge in [0.25, 0.3) is 0 Å². The fraction of sp³-hybridized carbons (Fsp3) is 0.579. The summed E-state index contributed by atoms with van der Waals surface area (Å²) in [6, 6.07) is 9.79. The Bertz CT molecular complexity index is 590. The molecule has 3 rings (SSSR count). The number of anilines is 1. The average Bonchev–Trinajstić information content (AvgIpc) is 2.64. The van der Waals surface area contributed by atoms with Crippen LogP contribution in [0.3, 0.4) is 0 Å². The summed E-state index contributed by atoms with van der Waals surface area (Å²) >= 11 is 0. The second-order valence-electron chi connectivity index (χ2n) is 7.20. The molecule has 7 heteroatoms. The van der Waals surface area contributed by atoms with E-state index in [0.717, 1.165) is 44.2 Å². The zero-order valence-corrected chi connectivity index (χ0v) is 15.8. The predicted molar refractivity (Wildman–Crippen MR) is 105 cm³/mol. The van der Waals surface area contributed by atoms with E-state index in [0.29, 0.717) is 13.1 Å². The third-order valence-corrected chi connectivity index (χ3v) is 5.22. The van der Waals surface area contributed by atoms with Crippen molar-refractivity contribution in [1.29, 1.82) is 0 Å². The number of carbonyl (C=O) groups excluding carboxylic acids is 2. The molecule has 1 aliphatic heterocycles. The van der Waals surface area contributed by atoms with Crippen molar-refractivity contribution in [3.63, 3.8) is 0 Å². The second kappa shape index (κ2) is 9.78. The summed E-state index contributed by atoms with van der Waals surface area (Å²) in [4.78, 5) is 26.8. The van der Waals surface area contributed by atoms with Crippen LogP contribution in [0.15, 0.2) is 30.3 Å². The first-order valence-corrected chi connectivity index (χ1v) is 9.29. The van der Waals surface area contributed by atoms with Gasteiger partial charge in [-0.1, -0.05) is 18.2 Å². The minimum Gasteiger partial charge on any atom is -0.353 e. The van der Waals surface area contributed by atoms with Crippen molar-refractivity contribution in [2.45, 2.75) is 50.6 Å². The third-order valence-electron chi connectivity index (χ3n) is 5.22. The topological polar surface area (TPSA) is 87.5 Å². The molecule has 3 amide bonds. The number of nitrogens with one attached hydrogen (secondary N) is 2. The van der Waals surface area contributed by atoms with Crippen molar-refractivity contribution in [2.24, 2.45) is 11.7 Å². The van der Waals surface area contributed by atoms with Crippen LogP contribution in [0.2, 0.25) is 0 Å². The lowest BCUT2D eigenvalue weighted by atomic mass is 9.90. The number of nitrogens with zero attached hydrogens (tertiary/aromatic N) is 1. The number of urea groups is 1. The number of carbonyl (C=O) groups is 2. The number of nitrogens with two attached hydrogens (primary N) is 1. The number of para-hydroxylation sites is 1. The maximum Gasteiger partial charge on any atom is 0.321 e. The molecule has 2 fully saturated rings. The van der Waals surface area contributed by atoms with E-state index in [1.54, 1.807) is 4.90 Å². The van der Waals surface area contributed by atoms with Gasteiger partial charge in [0.15, 0.2) is 0 Å². The van der Waals surface area contributed by atoms with E-state index in [1.165, 1.54) is 0 Å². The van der Waals surface area contributed by atoms with Crippen LogP contribution >= 0.6 is 12.4 Å². The molecule has 1 saturated heterocycles. The Hall–Kier alpha value is -1.79. The van der Waals surface area contributed by atoms with Crippen LogP contribution in [0.4, 0.5) is 10.5 Å². The Balaban J connectivity index is 0.00000243. The Morgan fingerprint density at radius 2 is 1.73 bits per heavy atom. The zero-order chi connectivity index (χ0) is 17.6. The minimum atomic E-state index is -0.132. The summed E-state index contributed by atoms with van der Waals surface area (Å²) in [5.74, 6) is -0.0384. The molecule has 1 aromatic rings. The highest BCUT2D eigenvalue weighted by molar-refractivity contribution is 5.90. The molecule has 144 valence electrons. The van der Waals surface area contributed by atoms with E-state index in [-0.39, 0.29) is 42.3 Å². The fourth-order valence-corrected chi connectivity index (χ4v) is 3.68.